The van der Waals surface area contributed by atoms with Gasteiger partial charge in [0.15, 0.2) is 0 Å². The van der Waals surface area contributed by atoms with E-state index in [4.69, 9.17) is 4.74 Å². The standard InChI is InChI=1S/C22H36N2O3S/c1-6-7-8-9-10-11-14-23-28(25,26)17-18-16-22(2,3)24(4)21-15-19(27-5)12-13-20(18)21/h12-13,15-16,23H,6-11,14,17H2,1-5H3. The Kier molecular flexibility index (Phi) is 7.96. The minimum absolute atomic E-state index is 0.000562. The minimum Gasteiger partial charge on any atom is -0.497 e. The summed E-state index contributed by atoms with van der Waals surface area (Å²) >= 11 is 0. The Balaban J connectivity index is 2.05. The predicted molar refractivity (Wildman–Crippen MR) is 119 cm³/mol. The van der Waals surface area contributed by atoms with Gasteiger partial charge in [0.2, 0.25) is 10.0 Å². The molecular weight excluding hydrogens is 372 g/mol. The van der Waals surface area contributed by atoms with E-state index in [-0.39, 0.29) is 11.3 Å². The first-order chi connectivity index (χ1) is 13.2. The van der Waals surface area contributed by atoms with Gasteiger partial charge in [0, 0.05) is 30.9 Å². The lowest BCUT2D eigenvalue weighted by molar-refractivity contribution is 0.414. The van der Waals surface area contributed by atoms with E-state index in [0.29, 0.717) is 6.54 Å². The summed E-state index contributed by atoms with van der Waals surface area (Å²) in [7, 11) is 0.294. The van der Waals surface area contributed by atoms with E-state index in [9.17, 15) is 8.42 Å². The molecule has 1 aliphatic heterocycles. The van der Waals surface area contributed by atoms with Crippen molar-refractivity contribution in [1.29, 1.82) is 0 Å². The van der Waals surface area contributed by atoms with Crippen LogP contribution in [0.1, 0.15) is 64.9 Å². The molecule has 0 saturated heterocycles. The normalized spacial score (nSPS) is 15.9. The summed E-state index contributed by atoms with van der Waals surface area (Å²) in [5.74, 6) is 0.770. The van der Waals surface area contributed by atoms with Gasteiger partial charge in [-0.25, -0.2) is 13.1 Å². The number of hydrogen-bond acceptors (Lipinski definition) is 4. The molecule has 0 atom stereocenters. The number of benzene rings is 1. The largest absolute Gasteiger partial charge is 0.497 e. The van der Waals surface area contributed by atoms with Gasteiger partial charge in [-0.15, -0.1) is 0 Å². The van der Waals surface area contributed by atoms with Crippen LogP contribution in [0.25, 0.3) is 5.57 Å². The van der Waals surface area contributed by atoms with Crippen molar-refractivity contribution in [2.75, 3.05) is 31.4 Å². The smallest absolute Gasteiger partial charge is 0.215 e. The zero-order valence-corrected chi connectivity index (χ0v) is 18.9. The van der Waals surface area contributed by atoms with Gasteiger partial charge in [0.25, 0.3) is 0 Å². The van der Waals surface area contributed by atoms with Crippen molar-refractivity contribution in [1.82, 2.24) is 4.72 Å². The second-order valence-electron chi connectivity index (χ2n) is 8.19. The first-order valence-corrected chi connectivity index (χ1v) is 12.0. The van der Waals surface area contributed by atoms with Crippen molar-refractivity contribution in [2.24, 2.45) is 0 Å². The van der Waals surface area contributed by atoms with Crippen molar-refractivity contribution in [2.45, 2.75) is 64.8 Å². The third-order valence-electron chi connectivity index (χ3n) is 5.50. The van der Waals surface area contributed by atoms with E-state index in [2.05, 4.69) is 36.5 Å². The lowest BCUT2D eigenvalue weighted by Gasteiger charge is -2.41. The molecule has 0 unspecified atom stereocenters. The lowest BCUT2D eigenvalue weighted by atomic mass is 9.89. The molecule has 1 aromatic rings. The number of methoxy groups -OCH3 is 1. The zero-order chi connectivity index (χ0) is 20.8. The average molecular weight is 409 g/mol. The number of ether oxygens (including phenoxy) is 1. The van der Waals surface area contributed by atoms with Gasteiger partial charge in [-0.05, 0) is 38.0 Å². The zero-order valence-electron chi connectivity index (χ0n) is 18.0. The molecule has 0 aromatic heterocycles. The first kappa shape index (κ1) is 22.8. The molecule has 2 rings (SSSR count). The molecule has 5 nitrogen and oxygen atoms in total. The maximum absolute atomic E-state index is 12.7. The van der Waals surface area contributed by atoms with E-state index in [1.54, 1.807) is 7.11 Å². The summed E-state index contributed by atoms with van der Waals surface area (Å²) in [6.07, 6.45) is 8.92. The Morgan fingerprint density at radius 1 is 1.11 bits per heavy atom. The van der Waals surface area contributed by atoms with E-state index in [1.807, 2.05) is 25.2 Å². The number of unbranched alkanes of at least 4 members (excludes halogenated alkanes) is 5. The number of rotatable bonds is 11. The monoisotopic (exact) mass is 408 g/mol. The molecule has 1 heterocycles. The molecule has 0 bridgehead atoms. The van der Waals surface area contributed by atoms with Gasteiger partial charge in [-0.3, -0.25) is 0 Å². The number of hydrogen-bond donors (Lipinski definition) is 1. The molecule has 158 valence electrons. The van der Waals surface area contributed by atoms with Gasteiger partial charge >= 0.3 is 0 Å². The van der Waals surface area contributed by atoms with Crippen molar-refractivity contribution >= 4 is 21.3 Å². The first-order valence-electron chi connectivity index (χ1n) is 10.3. The Morgan fingerprint density at radius 3 is 2.46 bits per heavy atom. The third kappa shape index (κ3) is 5.98. The van der Waals surface area contributed by atoms with Crippen LogP contribution in [0.5, 0.6) is 5.75 Å². The van der Waals surface area contributed by atoms with Crippen molar-refractivity contribution in [3.63, 3.8) is 0 Å². The Labute approximate surface area is 171 Å². The van der Waals surface area contributed by atoms with Crippen LogP contribution in [0.3, 0.4) is 0 Å². The molecule has 1 aliphatic rings. The quantitative estimate of drug-likeness (QED) is 0.544. The molecule has 6 heteroatoms. The second-order valence-corrected chi connectivity index (χ2v) is 9.99. The lowest BCUT2D eigenvalue weighted by Crippen LogP contribution is -2.43. The van der Waals surface area contributed by atoms with E-state index in [0.717, 1.165) is 35.4 Å². The number of sulfonamides is 1. The topological polar surface area (TPSA) is 58.6 Å². The number of nitrogens with zero attached hydrogens (tertiary/aromatic N) is 1. The number of fused-ring (bicyclic) bond motifs is 1. The van der Waals surface area contributed by atoms with Crippen LogP contribution in [0.2, 0.25) is 0 Å². The Bertz CT molecular complexity index is 785. The Morgan fingerprint density at radius 2 is 1.79 bits per heavy atom. The van der Waals surface area contributed by atoms with Crippen molar-refractivity contribution in [3.05, 3.63) is 29.8 Å². The molecule has 0 radical (unpaired) electrons. The van der Waals surface area contributed by atoms with Crippen molar-refractivity contribution < 1.29 is 13.2 Å². The van der Waals surface area contributed by atoms with E-state index >= 15 is 0 Å². The summed E-state index contributed by atoms with van der Waals surface area (Å²) in [5, 5.41) is 0. The van der Waals surface area contributed by atoms with Crippen LogP contribution >= 0.6 is 0 Å². The van der Waals surface area contributed by atoms with Gasteiger partial charge < -0.3 is 9.64 Å². The molecule has 0 amide bonds. The van der Waals surface area contributed by atoms with Gasteiger partial charge in [0.05, 0.1) is 18.4 Å². The average Bonchev–Trinajstić information content (AvgIpc) is 2.64. The van der Waals surface area contributed by atoms with Crippen LogP contribution in [0.15, 0.2) is 24.3 Å². The molecule has 0 aliphatic carbocycles. The van der Waals surface area contributed by atoms with Crippen molar-refractivity contribution in [3.8, 4) is 5.75 Å². The molecule has 0 saturated carbocycles. The highest BCUT2D eigenvalue weighted by Crippen LogP contribution is 2.40. The fourth-order valence-corrected chi connectivity index (χ4v) is 4.81. The van der Waals surface area contributed by atoms with Crippen LogP contribution in [0.4, 0.5) is 5.69 Å². The summed E-state index contributed by atoms with van der Waals surface area (Å²) in [5.41, 5.74) is 2.51. The molecular formula is C22H36N2O3S. The van der Waals surface area contributed by atoms with Crippen LogP contribution < -0.4 is 14.4 Å². The van der Waals surface area contributed by atoms with Crippen LogP contribution in [-0.4, -0.2) is 40.4 Å². The summed E-state index contributed by atoms with van der Waals surface area (Å²) < 4.78 is 33.5. The predicted octanol–water partition coefficient (Wildman–Crippen LogP) is 4.59. The molecule has 0 spiro atoms. The fraction of sp³-hybridized carbons (Fsp3) is 0.636. The summed E-state index contributed by atoms with van der Waals surface area (Å²) in [6, 6.07) is 5.81. The maximum atomic E-state index is 12.7. The summed E-state index contributed by atoms with van der Waals surface area (Å²) in [4.78, 5) is 2.16. The number of likely N-dealkylation sites (N-methyl/N-ethyl adjacent to an activating group) is 1. The van der Waals surface area contributed by atoms with Crippen LogP contribution in [0, 0.1) is 0 Å². The maximum Gasteiger partial charge on any atom is 0.215 e. The fourth-order valence-electron chi connectivity index (χ4n) is 3.61. The molecule has 1 N–H and O–H groups in total. The highest BCUT2D eigenvalue weighted by molar-refractivity contribution is 7.89. The van der Waals surface area contributed by atoms with Gasteiger partial charge in [0.1, 0.15) is 5.75 Å². The Hall–Kier alpha value is -1.53. The van der Waals surface area contributed by atoms with Gasteiger partial charge in [-0.1, -0.05) is 45.1 Å². The molecule has 1 aromatic carbocycles. The molecule has 28 heavy (non-hydrogen) atoms. The highest BCUT2D eigenvalue weighted by atomic mass is 32.2. The minimum atomic E-state index is -3.37. The van der Waals surface area contributed by atoms with Gasteiger partial charge in [-0.2, -0.15) is 0 Å². The van der Waals surface area contributed by atoms with E-state index in [1.165, 1.54) is 25.7 Å². The highest BCUT2D eigenvalue weighted by Gasteiger charge is 2.31. The van der Waals surface area contributed by atoms with E-state index < -0.39 is 10.0 Å². The SMILES string of the molecule is CCCCCCCCNS(=O)(=O)CC1=CC(C)(C)N(C)c2cc(OC)ccc21. The number of anilines is 1. The second kappa shape index (κ2) is 9.79. The van der Waals surface area contributed by atoms with Crippen LogP contribution in [-0.2, 0) is 10.0 Å². The summed E-state index contributed by atoms with van der Waals surface area (Å²) in [6.45, 7) is 6.89. The third-order valence-corrected chi connectivity index (χ3v) is 6.84. The number of nitrogens with one attached hydrogen (secondary N) is 1. The molecule has 0 fully saturated rings.